The van der Waals surface area contributed by atoms with Crippen LogP contribution in [0.15, 0.2) is 24.4 Å². The van der Waals surface area contributed by atoms with E-state index in [4.69, 9.17) is 0 Å². The van der Waals surface area contributed by atoms with Crippen molar-refractivity contribution in [1.82, 2.24) is 25.2 Å². The monoisotopic (exact) mass is 345 g/mol. The van der Waals surface area contributed by atoms with Crippen molar-refractivity contribution in [3.63, 3.8) is 0 Å². The second kappa shape index (κ2) is 8.29. The fraction of sp³-hybridized carbons (Fsp3) is 0.611. The van der Waals surface area contributed by atoms with Gasteiger partial charge in [0, 0.05) is 24.8 Å². The van der Waals surface area contributed by atoms with Crippen LogP contribution >= 0.6 is 0 Å². The molecule has 2 aromatic rings. The van der Waals surface area contributed by atoms with Crippen LogP contribution in [0.5, 0.6) is 0 Å². The van der Waals surface area contributed by atoms with Crippen molar-refractivity contribution >= 4 is 11.7 Å². The zero-order valence-electron chi connectivity index (χ0n) is 14.7. The number of fused-ring (bicyclic) bond motifs is 1. The fourth-order valence-electron chi connectivity index (χ4n) is 3.64. The van der Waals surface area contributed by atoms with Gasteiger partial charge in [-0.15, -0.1) is 10.2 Å². The molecule has 3 unspecified atom stereocenters. The number of urea groups is 1. The Kier molecular flexibility index (Phi) is 5.86. The number of carbonyl (C=O) groups excluding carboxylic acids is 1. The Morgan fingerprint density at radius 2 is 2.20 bits per heavy atom. The van der Waals surface area contributed by atoms with Gasteiger partial charge < -0.3 is 15.7 Å². The van der Waals surface area contributed by atoms with Gasteiger partial charge in [-0.3, -0.25) is 4.40 Å². The summed E-state index contributed by atoms with van der Waals surface area (Å²) in [4.78, 5) is 12.5. The van der Waals surface area contributed by atoms with Crippen LogP contribution in [0.1, 0.15) is 57.3 Å². The molecule has 0 spiro atoms. The number of nitrogens with one attached hydrogen (secondary N) is 2. The van der Waals surface area contributed by atoms with E-state index < -0.39 is 0 Å². The normalized spacial score (nSPS) is 21.8. The van der Waals surface area contributed by atoms with Gasteiger partial charge in [0.05, 0.1) is 6.04 Å². The minimum Gasteiger partial charge on any atom is -0.396 e. The van der Waals surface area contributed by atoms with Gasteiger partial charge in [0.1, 0.15) is 0 Å². The molecule has 2 heterocycles. The number of amides is 2. The summed E-state index contributed by atoms with van der Waals surface area (Å²) >= 11 is 0. The van der Waals surface area contributed by atoms with Crippen molar-refractivity contribution in [2.75, 3.05) is 6.61 Å². The summed E-state index contributed by atoms with van der Waals surface area (Å²) in [5.41, 5.74) is 0.772. The van der Waals surface area contributed by atoms with Crippen LogP contribution in [-0.2, 0) is 0 Å². The predicted octanol–water partition coefficient (Wildman–Crippen LogP) is 2.42. The van der Waals surface area contributed by atoms with Gasteiger partial charge in [-0.05, 0) is 31.4 Å². The van der Waals surface area contributed by atoms with E-state index in [0.29, 0.717) is 0 Å². The molecule has 136 valence electrons. The summed E-state index contributed by atoms with van der Waals surface area (Å²) in [6.45, 7) is 2.21. The summed E-state index contributed by atoms with van der Waals surface area (Å²) < 4.78 is 1.91. The molecule has 0 saturated heterocycles. The highest BCUT2D eigenvalue weighted by Gasteiger charge is 2.27. The number of pyridine rings is 1. The number of carbonyl (C=O) groups is 1. The molecule has 2 amide bonds. The Bertz CT molecular complexity index is 702. The highest BCUT2D eigenvalue weighted by Crippen LogP contribution is 2.24. The van der Waals surface area contributed by atoms with Crippen molar-refractivity contribution in [3.8, 4) is 0 Å². The third-order valence-corrected chi connectivity index (χ3v) is 4.99. The topological polar surface area (TPSA) is 91.5 Å². The van der Waals surface area contributed by atoms with Crippen molar-refractivity contribution in [3.05, 3.63) is 30.2 Å². The lowest BCUT2D eigenvalue weighted by molar-refractivity contribution is 0.153. The quantitative estimate of drug-likeness (QED) is 0.750. The van der Waals surface area contributed by atoms with Crippen LogP contribution in [0.3, 0.4) is 0 Å². The number of aromatic nitrogens is 3. The van der Waals surface area contributed by atoms with Gasteiger partial charge in [0.15, 0.2) is 11.5 Å². The summed E-state index contributed by atoms with van der Waals surface area (Å²) in [6, 6.07) is 5.39. The number of aliphatic hydroxyl groups excluding tert-OH is 1. The Balaban J connectivity index is 1.70. The van der Waals surface area contributed by atoms with Crippen molar-refractivity contribution < 1.29 is 9.90 Å². The van der Waals surface area contributed by atoms with E-state index in [0.717, 1.165) is 50.0 Å². The predicted molar refractivity (Wildman–Crippen MR) is 95.1 cm³/mol. The molecule has 1 saturated carbocycles. The molecule has 3 atom stereocenters. The number of hydrogen-bond acceptors (Lipinski definition) is 4. The molecule has 3 N–H and O–H groups in total. The lowest BCUT2D eigenvalue weighted by atomic mass is 9.85. The van der Waals surface area contributed by atoms with Gasteiger partial charge in [-0.25, -0.2) is 4.79 Å². The summed E-state index contributed by atoms with van der Waals surface area (Å²) in [7, 11) is 0. The Morgan fingerprint density at radius 3 is 3.00 bits per heavy atom. The molecule has 0 aromatic carbocycles. The van der Waals surface area contributed by atoms with Gasteiger partial charge in [0.25, 0.3) is 0 Å². The van der Waals surface area contributed by atoms with Crippen LogP contribution in [0.2, 0.25) is 0 Å². The van der Waals surface area contributed by atoms with E-state index in [9.17, 15) is 9.90 Å². The molecule has 3 rings (SSSR count). The zero-order chi connectivity index (χ0) is 17.6. The maximum atomic E-state index is 12.5. The summed E-state index contributed by atoms with van der Waals surface area (Å²) in [5, 5.41) is 24.1. The second-order valence-electron chi connectivity index (χ2n) is 6.78. The fourth-order valence-corrected chi connectivity index (χ4v) is 3.64. The molecule has 2 aromatic heterocycles. The van der Waals surface area contributed by atoms with Crippen molar-refractivity contribution in [1.29, 1.82) is 0 Å². The molecule has 0 aliphatic heterocycles. The highest BCUT2D eigenvalue weighted by atomic mass is 16.3. The molecular weight excluding hydrogens is 318 g/mol. The smallest absolute Gasteiger partial charge is 0.315 e. The lowest BCUT2D eigenvalue weighted by Crippen LogP contribution is -2.48. The van der Waals surface area contributed by atoms with Crippen LogP contribution in [0, 0.1) is 5.92 Å². The second-order valence-corrected chi connectivity index (χ2v) is 6.78. The largest absolute Gasteiger partial charge is 0.396 e. The van der Waals surface area contributed by atoms with Crippen LogP contribution < -0.4 is 10.6 Å². The Morgan fingerprint density at radius 1 is 1.36 bits per heavy atom. The zero-order valence-corrected chi connectivity index (χ0v) is 14.7. The third-order valence-electron chi connectivity index (χ3n) is 4.99. The first kappa shape index (κ1) is 17.7. The molecule has 1 aliphatic rings. The average molecular weight is 345 g/mol. The van der Waals surface area contributed by atoms with E-state index in [-0.39, 0.29) is 30.6 Å². The first-order valence-corrected chi connectivity index (χ1v) is 9.20. The molecule has 25 heavy (non-hydrogen) atoms. The number of nitrogens with zero attached hydrogens (tertiary/aromatic N) is 3. The van der Waals surface area contributed by atoms with E-state index in [1.165, 1.54) is 0 Å². The highest BCUT2D eigenvalue weighted by molar-refractivity contribution is 5.74. The Labute approximate surface area is 147 Å². The first-order chi connectivity index (χ1) is 12.2. The van der Waals surface area contributed by atoms with Crippen LogP contribution in [-0.4, -0.2) is 38.4 Å². The lowest BCUT2D eigenvalue weighted by Gasteiger charge is -2.31. The molecule has 7 nitrogen and oxygen atoms in total. The maximum Gasteiger partial charge on any atom is 0.315 e. The molecule has 0 bridgehead atoms. The van der Waals surface area contributed by atoms with E-state index in [1.54, 1.807) is 0 Å². The van der Waals surface area contributed by atoms with E-state index >= 15 is 0 Å². The maximum absolute atomic E-state index is 12.5. The van der Waals surface area contributed by atoms with E-state index in [2.05, 4.69) is 27.8 Å². The molecular formula is C18H27N5O2. The molecule has 1 aliphatic carbocycles. The van der Waals surface area contributed by atoms with Gasteiger partial charge in [-0.2, -0.15) is 0 Å². The SMILES string of the molecule is CCCC(NC(=O)NC1CCCCC1CO)c1nnc2ccccn12. The average Bonchev–Trinajstić information content (AvgIpc) is 3.06. The minimum atomic E-state index is -0.198. The molecule has 1 fully saturated rings. The van der Waals surface area contributed by atoms with Gasteiger partial charge in [-0.1, -0.05) is 32.3 Å². The van der Waals surface area contributed by atoms with Crippen LogP contribution in [0.25, 0.3) is 5.65 Å². The summed E-state index contributed by atoms with van der Waals surface area (Å²) in [5.74, 6) is 0.896. The first-order valence-electron chi connectivity index (χ1n) is 9.20. The summed E-state index contributed by atoms with van der Waals surface area (Å²) in [6.07, 6.45) is 7.73. The third kappa shape index (κ3) is 4.10. The number of aliphatic hydroxyl groups is 1. The Hall–Kier alpha value is -2.15. The number of hydrogen-bond donors (Lipinski definition) is 3. The van der Waals surface area contributed by atoms with Crippen LogP contribution in [0.4, 0.5) is 4.79 Å². The number of rotatable bonds is 6. The molecule has 7 heteroatoms. The minimum absolute atomic E-state index is 0.0381. The van der Waals surface area contributed by atoms with Gasteiger partial charge >= 0.3 is 6.03 Å². The standard InChI is InChI=1S/C18H27N5O2/c1-2-7-15(17-22-21-16-10-5-6-11-23(16)17)20-18(25)19-14-9-4-3-8-13(14)12-24/h5-6,10-11,13-15,24H,2-4,7-9,12H2,1H3,(H2,19,20,25). The van der Waals surface area contributed by atoms with Crippen molar-refractivity contribution in [2.45, 2.75) is 57.5 Å². The van der Waals surface area contributed by atoms with Crippen molar-refractivity contribution in [2.24, 2.45) is 5.92 Å². The van der Waals surface area contributed by atoms with Gasteiger partial charge in [0.2, 0.25) is 0 Å². The molecule has 0 radical (unpaired) electrons. The van der Waals surface area contributed by atoms with E-state index in [1.807, 2.05) is 28.8 Å².